The molecular weight excluding hydrogens is 246 g/mol. The van der Waals surface area contributed by atoms with Gasteiger partial charge in [-0.3, -0.25) is 0 Å². The highest BCUT2D eigenvalue weighted by Gasteiger charge is 2.16. The number of rotatable bonds is 7. The molecule has 102 valence electrons. The van der Waals surface area contributed by atoms with Gasteiger partial charge in [0.1, 0.15) is 0 Å². The van der Waals surface area contributed by atoms with Gasteiger partial charge in [0.15, 0.2) is 0 Å². The molecule has 1 saturated carbocycles. The first-order valence-electron chi connectivity index (χ1n) is 6.79. The molecule has 4 heteroatoms. The Labute approximate surface area is 113 Å². The van der Waals surface area contributed by atoms with Crippen LogP contribution in [-0.4, -0.2) is 30.5 Å². The van der Waals surface area contributed by atoms with Crippen molar-refractivity contribution >= 4 is 11.3 Å². The fraction of sp³-hybridized carbons (Fsp3) is 0.714. The summed E-state index contributed by atoms with van der Waals surface area (Å²) in [7, 11) is 0. The molecule has 1 aromatic rings. The van der Waals surface area contributed by atoms with E-state index < -0.39 is 6.10 Å². The Morgan fingerprint density at radius 2 is 2.28 bits per heavy atom. The van der Waals surface area contributed by atoms with Gasteiger partial charge < -0.3 is 15.2 Å². The standard InChI is InChI=1S/C14H23NO2S/c1-11-6-7-18-14(11)9-15-8-12(16)10-17-13-4-2-3-5-13/h6-7,12-13,15-16H,2-5,8-10H2,1H3. The van der Waals surface area contributed by atoms with Gasteiger partial charge in [-0.25, -0.2) is 0 Å². The average molecular weight is 269 g/mol. The second kappa shape index (κ2) is 7.24. The predicted molar refractivity (Wildman–Crippen MR) is 75.0 cm³/mol. The van der Waals surface area contributed by atoms with E-state index in [0.29, 0.717) is 19.3 Å². The Morgan fingerprint density at radius 1 is 1.50 bits per heavy atom. The van der Waals surface area contributed by atoms with Crippen LogP contribution in [-0.2, 0) is 11.3 Å². The molecule has 0 aromatic carbocycles. The molecule has 0 saturated heterocycles. The van der Waals surface area contributed by atoms with Crippen molar-refractivity contribution in [2.45, 2.75) is 51.4 Å². The summed E-state index contributed by atoms with van der Waals surface area (Å²) >= 11 is 1.76. The van der Waals surface area contributed by atoms with Crippen molar-refractivity contribution in [2.24, 2.45) is 0 Å². The minimum atomic E-state index is -0.397. The zero-order chi connectivity index (χ0) is 12.8. The van der Waals surface area contributed by atoms with Crippen LogP contribution >= 0.6 is 11.3 Å². The van der Waals surface area contributed by atoms with Crippen LogP contribution in [0.25, 0.3) is 0 Å². The quantitative estimate of drug-likeness (QED) is 0.799. The van der Waals surface area contributed by atoms with Crippen LogP contribution in [0.4, 0.5) is 0 Å². The predicted octanol–water partition coefficient (Wildman–Crippen LogP) is 2.47. The summed E-state index contributed by atoms with van der Waals surface area (Å²) in [4.78, 5) is 1.35. The van der Waals surface area contributed by atoms with Gasteiger partial charge in [0.05, 0.1) is 18.8 Å². The third kappa shape index (κ3) is 4.35. The summed E-state index contributed by atoms with van der Waals surface area (Å²) < 4.78 is 5.69. The van der Waals surface area contributed by atoms with Gasteiger partial charge in [0, 0.05) is 18.0 Å². The monoisotopic (exact) mass is 269 g/mol. The lowest BCUT2D eigenvalue weighted by atomic mass is 10.3. The van der Waals surface area contributed by atoms with Crippen molar-refractivity contribution in [1.82, 2.24) is 5.32 Å². The third-order valence-electron chi connectivity index (χ3n) is 3.46. The lowest BCUT2D eigenvalue weighted by Gasteiger charge is -2.16. The van der Waals surface area contributed by atoms with Crippen molar-refractivity contribution in [3.05, 3.63) is 21.9 Å². The second-order valence-electron chi connectivity index (χ2n) is 5.05. The topological polar surface area (TPSA) is 41.5 Å². The minimum absolute atomic E-state index is 0.388. The van der Waals surface area contributed by atoms with Gasteiger partial charge in [-0.1, -0.05) is 12.8 Å². The molecule has 1 fully saturated rings. The third-order valence-corrected chi connectivity index (χ3v) is 4.48. The van der Waals surface area contributed by atoms with E-state index in [-0.39, 0.29) is 0 Å². The first kappa shape index (κ1) is 14.0. The maximum absolute atomic E-state index is 9.82. The molecule has 3 nitrogen and oxygen atoms in total. The van der Waals surface area contributed by atoms with E-state index in [2.05, 4.69) is 23.7 Å². The van der Waals surface area contributed by atoms with E-state index in [1.807, 2.05) is 0 Å². The molecule has 1 aliphatic carbocycles. The highest BCUT2D eigenvalue weighted by molar-refractivity contribution is 7.10. The number of aliphatic hydroxyl groups excluding tert-OH is 1. The Morgan fingerprint density at radius 3 is 2.94 bits per heavy atom. The zero-order valence-corrected chi connectivity index (χ0v) is 11.8. The Balaban J connectivity index is 1.57. The van der Waals surface area contributed by atoms with Crippen LogP contribution in [0.2, 0.25) is 0 Å². The number of ether oxygens (including phenoxy) is 1. The van der Waals surface area contributed by atoms with Gasteiger partial charge in [0.2, 0.25) is 0 Å². The Bertz CT molecular complexity index is 347. The van der Waals surface area contributed by atoms with Crippen molar-refractivity contribution in [3.8, 4) is 0 Å². The van der Waals surface area contributed by atoms with Gasteiger partial charge in [-0.05, 0) is 36.8 Å². The van der Waals surface area contributed by atoms with Gasteiger partial charge in [0.25, 0.3) is 0 Å². The molecule has 1 aliphatic rings. The first-order chi connectivity index (χ1) is 8.75. The lowest BCUT2D eigenvalue weighted by molar-refractivity contribution is -0.00548. The van der Waals surface area contributed by atoms with Gasteiger partial charge >= 0.3 is 0 Å². The number of aryl methyl sites for hydroxylation is 1. The highest BCUT2D eigenvalue weighted by Crippen LogP contribution is 2.20. The maximum atomic E-state index is 9.82. The van der Waals surface area contributed by atoms with E-state index in [9.17, 15) is 5.11 Å². The molecule has 1 heterocycles. The van der Waals surface area contributed by atoms with Crippen LogP contribution in [0.15, 0.2) is 11.4 Å². The number of thiophene rings is 1. The van der Waals surface area contributed by atoms with Crippen molar-refractivity contribution in [1.29, 1.82) is 0 Å². The summed E-state index contributed by atoms with van der Waals surface area (Å²) in [6, 6.07) is 2.13. The molecular formula is C14H23NO2S. The van der Waals surface area contributed by atoms with E-state index in [4.69, 9.17) is 4.74 Å². The molecule has 0 bridgehead atoms. The van der Waals surface area contributed by atoms with E-state index in [0.717, 1.165) is 19.4 Å². The smallest absolute Gasteiger partial charge is 0.0897 e. The number of hydrogen-bond acceptors (Lipinski definition) is 4. The van der Waals surface area contributed by atoms with Crippen LogP contribution in [0.1, 0.15) is 36.1 Å². The Kier molecular flexibility index (Phi) is 5.63. The van der Waals surface area contributed by atoms with Crippen LogP contribution in [0.5, 0.6) is 0 Å². The first-order valence-corrected chi connectivity index (χ1v) is 7.67. The largest absolute Gasteiger partial charge is 0.389 e. The van der Waals surface area contributed by atoms with Crippen LogP contribution in [0, 0.1) is 6.92 Å². The average Bonchev–Trinajstić information content (AvgIpc) is 2.99. The molecule has 1 unspecified atom stereocenters. The Hall–Kier alpha value is -0.420. The molecule has 0 amide bonds. The zero-order valence-electron chi connectivity index (χ0n) is 11.0. The van der Waals surface area contributed by atoms with E-state index in [1.165, 1.54) is 23.3 Å². The van der Waals surface area contributed by atoms with Crippen molar-refractivity contribution < 1.29 is 9.84 Å². The highest BCUT2D eigenvalue weighted by atomic mass is 32.1. The SMILES string of the molecule is Cc1ccsc1CNCC(O)COC1CCCC1. The summed E-state index contributed by atoms with van der Waals surface area (Å²) in [5, 5.41) is 15.2. The van der Waals surface area contributed by atoms with Crippen molar-refractivity contribution in [3.63, 3.8) is 0 Å². The summed E-state index contributed by atoms with van der Waals surface area (Å²) in [5.41, 5.74) is 1.32. The lowest BCUT2D eigenvalue weighted by Crippen LogP contribution is -2.31. The molecule has 18 heavy (non-hydrogen) atoms. The molecule has 0 aliphatic heterocycles. The van der Waals surface area contributed by atoms with Crippen LogP contribution < -0.4 is 5.32 Å². The molecule has 1 atom stereocenters. The normalized spacial score (nSPS) is 18.3. The maximum Gasteiger partial charge on any atom is 0.0897 e. The number of hydrogen-bond donors (Lipinski definition) is 2. The molecule has 1 aromatic heterocycles. The summed E-state index contributed by atoms with van der Waals surface area (Å²) in [6.45, 7) is 4.02. The fourth-order valence-corrected chi connectivity index (χ4v) is 3.17. The van der Waals surface area contributed by atoms with E-state index in [1.54, 1.807) is 11.3 Å². The number of nitrogens with one attached hydrogen (secondary N) is 1. The molecule has 0 spiro atoms. The van der Waals surface area contributed by atoms with Crippen LogP contribution in [0.3, 0.4) is 0 Å². The molecule has 2 rings (SSSR count). The van der Waals surface area contributed by atoms with E-state index >= 15 is 0 Å². The van der Waals surface area contributed by atoms with Crippen molar-refractivity contribution in [2.75, 3.05) is 13.2 Å². The molecule has 0 radical (unpaired) electrons. The van der Waals surface area contributed by atoms with Gasteiger partial charge in [-0.15, -0.1) is 11.3 Å². The fourth-order valence-electron chi connectivity index (χ4n) is 2.30. The minimum Gasteiger partial charge on any atom is -0.389 e. The molecule has 2 N–H and O–H groups in total. The number of aliphatic hydroxyl groups is 1. The van der Waals surface area contributed by atoms with Gasteiger partial charge in [-0.2, -0.15) is 0 Å². The second-order valence-corrected chi connectivity index (χ2v) is 6.05. The summed E-state index contributed by atoms with van der Waals surface area (Å²) in [6.07, 6.45) is 4.86. The summed E-state index contributed by atoms with van der Waals surface area (Å²) in [5.74, 6) is 0.